The summed E-state index contributed by atoms with van der Waals surface area (Å²) in [5.41, 5.74) is 1.09. The van der Waals surface area contributed by atoms with Crippen molar-refractivity contribution in [1.29, 1.82) is 0 Å². The normalized spacial score (nSPS) is 9.60. The van der Waals surface area contributed by atoms with Crippen molar-refractivity contribution in [2.45, 2.75) is 6.42 Å². The smallest absolute Gasteiger partial charge is 0.122 e. The minimum atomic E-state index is 0.784. The van der Waals surface area contributed by atoms with E-state index in [0.29, 0.717) is 0 Å². The number of hydrogen-bond donors (Lipinski definition) is 0. The van der Waals surface area contributed by atoms with E-state index in [2.05, 4.69) is 31.9 Å². The van der Waals surface area contributed by atoms with E-state index in [1.165, 1.54) is 0 Å². The Kier molecular flexibility index (Phi) is 5.19. The second-order valence-corrected chi connectivity index (χ2v) is 5.65. The molecule has 82 valence electrons. The maximum absolute atomic E-state index is 5.26. The van der Waals surface area contributed by atoms with Crippen LogP contribution in [-0.4, -0.2) is 14.2 Å². The largest absolute Gasteiger partial charge is 0.497 e. The molecule has 0 saturated carbocycles. The average Bonchev–Trinajstić information content (AvgIpc) is 2.25. The van der Waals surface area contributed by atoms with Gasteiger partial charge >= 0.3 is 0 Å². The lowest BCUT2D eigenvalue weighted by Gasteiger charge is -2.08. The van der Waals surface area contributed by atoms with Crippen molar-refractivity contribution < 1.29 is 9.47 Å². The molecule has 0 bridgehead atoms. The third kappa shape index (κ3) is 3.87. The molecule has 0 N–H and O–H groups in total. The molecule has 0 unspecified atom stereocenters. The van der Waals surface area contributed by atoms with Crippen LogP contribution in [0.3, 0.4) is 0 Å². The molecule has 0 aliphatic carbocycles. The molecule has 1 aromatic rings. The molecule has 0 aromatic heterocycles. The Labute approximate surface area is 107 Å². The molecule has 1 aromatic carbocycles. The number of ether oxygens (including phenoxy) is 2. The highest BCUT2D eigenvalue weighted by Crippen LogP contribution is 2.25. The molecule has 0 radical (unpaired) electrons. The number of allylic oxidation sites excluding steroid dienone is 1. The minimum Gasteiger partial charge on any atom is -0.497 e. The maximum Gasteiger partial charge on any atom is 0.122 e. The number of rotatable bonds is 4. The summed E-state index contributed by atoms with van der Waals surface area (Å²) < 4.78 is 11.4. The van der Waals surface area contributed by atoms with Crippen molar-refractivity contribution in [1.82, 2.24) is 0 Å². The summed E-state index contributed by atoms with van der Waals surface area (Å²) >= 11 is 6.64. The predicted octanol–water partition coefficient (Wildman–Crippen LogP) is 3.88. The fraction of sp³-hybridized carbons (Fsp3) is 0.273. The lowest BCUT2D eigenvalue weighted by molar-refractivity contribution is 0.399. The Balaban J connectivity index is 2.96. The fourth-order valence-corrected chi connectivity index (χ4v) is 1.55. The van der Waals surface area contributed by atoms with E-state index in [0.717, 1.165) is 26.9 Å². The number of hydrogen-bond acceptors (Lipinski definition) is 2. The topological polar surface area (TPSA) is 18.5 Å². The zero-order chi connectivity index (χ0) is 11.3. The lowest BCUT2D eigenvalue weighted by atomic mass is 10.1. The first kappa shape index (κ1) is 12.6. The van der Waals surface area contributed by atoms with Crippen LogP contribution < -0.4 is 9.47 Å². The highest BCUT2D eigenvalue weighted by Gasteiger charge is 2.03. The molecule has 15 heavy (non-hydrogen) atoms. The van der Waals surface area contributed by atoms with Crippen LogP contribution in [0.25, 0.3) is 0 Å². The monoisotopic (exact) mass is 334 g/mol. The molecular formula is C11H12Br2O2. The van der Waals surface area contributed by atoms with E-state index < -0.39 is 0 Å². The van der Waals surface area contributed by atoms with Crippen molar-refractivity contribution >= 4 is 31.9 Å². The summed E-state index contributed by atoms with van der Waals surface area (Å²) in [7, 11) is 3.32. The summed E-state index contributed by atoms with van der Waals surface area (Å²) in [5.74, 6) is 1.71. The second kappa shape index (κ2) is 6.18. The first-order valence-electron chi connectivity index (χ1n) is 4.39. The summed E-state index contributed by atoms with van der Waals surface area (Å²) in [5, 5.41) is 0. The molecule has 0 heterocycles. The van der Waals surface area contributed by atoms with Gasteiger partial charge < -0.3 is 9.47 Å². The van der Waals surface area contributed by atoms with E-state index in [4.69, 9.17) is 9.47 Å². The van der Waals surface area contributed by atoms with E-state index in [-0.39, 0.29) is 0 Å². The van der Waals surface area contributed by atoms with Crippen LogP contribution in [0.1, 0.15) is 5.56 Å². The SMILES string of the molecule is COc1ccc(OC)c(CC=C(Br)Br)c1. The Morgan fingerprint density at radius 3 is 2.53 bits per heavy atom. The Morgan fingerprint density at radius 2 is 2.00 bits per heavy atom. The van der Waals surface area contributed by atoms with Crippen molar-refractivity contribution in [2.75, 3.05) is 14.2 Å². The van der Waals surface area contributed by atoms with Crippen LogP contribution >= 0.6 is 31.9 Å². The zero-order valence-corrected chi connectivity index (χ0v) is 11.8. The van der Waals surface area contributed by atoms with Gasteiger partial charge in [0.25, 0.3) is 0 Å². The Bertz CT molecular complexity index is 358. The Hall–Kier alpha value is -0.480. The molecule has 0 aliphatic rings. The van der Waals surface area contributed by atoms with Gasteiger partial charge in [-0.15, -0.1) is 0 Å². The first-order chi connectivity index (χ1) is 7.17. The third-order valence-corrected chi connectivity index (χ3v) is 2.61. The molecule has 2 nitrogen and oxygen atoms in total. The van der Waals surface area contributed by atoms with Gasteiger partial charge in [0.2, 0.25) is 0 Å². The van der Waals surface area contributed by atoms with Gasteiger partial charge in [-0.3, -0.25) is 0 Å². The van der Waals surface area contributed by atoms with Gasteiger partial charge in [0.15, 0.2) is 0 Å². The summed E-state index contributed by atoms with van der Waals surface area (Å²) in [4.78, 5) is 0. The minimum absolute atomic E-state index is 0.784. The third-order valence-electron chi connectivity index (χ3n) is 1.96. The van der Waals surface area contributed by atoms with Crippen LogP contribution in [0, 0.1) is 0 Å². The molecule has 1 rings (SSSR count). The van der Waals surface area contributed by atoms with Crippen molar-refractivity contribution in [3.8, 4) is 11.5 Å². The maximum atomic E-state index is 5.26. The van der Waals surface area contributed by atoms with Gasteiger partial charge in [0, 0.05) is 5.56 Å². The predicted molar refractivity (Wildman–Crippen MR) is 69.2 cm³/mol. The van der Waals surface area contributed by atoms with Crippen LogP contribution in [-0.2, 0) is 6.42 Å². The van der Waals surface area contributed by atoms with Gasteiger partial charge in [-0.2, -0.15) is 0 Å². The molecule has 0 atom stereocenters. The van der Waals surface area contributed by atoms with Crippen LogP contribution in [0.15, 0.2) is 27.7 Å². The van der Waals surface area contributed by atoms with Gasteiger partial charge in [-0.25, -0.2) is 0 Å². The highest BCUT2D eigenvalue weighted by molar-refractivity contribution is 9.28. The van der Waals surface area contributed by atoms with Crippen LogP contribution in [0.4, 0.5) is 0 Å². The molecular weight excluding hydrogens is 324 g/mol. The Morgan fingerprint density at radius 1 is 1.27 bits per heavy atom. The van der Waals surface area contributed by atoms with E-state index in [1.54, 1.807) is 14.2 Å². The van der Waals surface area contributed by atoms with Crippen LogP contribution in [0.2, 0.25) is 0 Å². The van der Waals surface area contributed by atoms with E-state index in [9.17, 15) is 0 Å². The lowest BCUT2D eigenvalue weighted by Crippen LogP contribution is -1.92. The quantitative estimate of drug-likeness (QED) is 0.831. The zero-order valence-electron chi connectivity index (χ0n) is 8.59. The standard InChI is InChI=1S/C11H12Br2O2/c1-14-9-4-5-10(15-2)8(7-9)3-6-11(12)13/h4-7H,3H2,1-2H3. The van der Waals surface area contributed by atoms with Gasteiger partial charge in [0.1, 0.15) is 11.5 Å². The van der Waals surface area contributed by atoms with Crippen molar-refractivity contribution in [2.24, 2.45) is 0 Å². The van der Waals surface area contributed by atoms with Gasteiger partial charge in [0.05, 0.1) is 17.6 Å². The van der Waals surface area contributed by atoms with Crippen LogP contribution in [0.5, 0.6) is 11.5 Å². The average molecular weight is 336 g/mol. The molecule has 0 amide bonds. The van der Waals surface area contributed by atoms with E-state index >= 15 is 0 Å². The summed E-state index contributed by atoms with van der Waals surface area (Å²) in [6, 6.07) is 5.76. The molecule has 0 aliphatic heterocycles. The highest BCUT2D eigenvalue weighted by atomic mass is 79.9. The number of benzene rings is 1. The molecule has 0 saturated heterocycles. The van der Waals surface area contributed by atoms with Gasteiger partial charge in [-0.1, -0.05) is 6.08 Å². The number of halogens is 2. The first-order valence-corrected chi connectivity index (χ1v) is 5.98. The second-order valence-electron chi connectivity index (χ2n) is 2.88. The molecule has 4 heteroatoms. The molecule has 0 spiro atoms. The summed E-state index contributed by atoms with van der Waals surface area (Å²) in [6.45, 7) is 0. The van der Waals surface area contributed by atoms with Crippen molar-refractivity contribution in [3.05, 3.63) is 33.2 Å². The number of methoxy groups -OCH3 is 2. The fourth-order valence-electron chi connectivity index (χ4n) is 1.23. The molecule has 0 fully saturated rings. The summed E-state index contributed by atoms with van der Waals surface area (Å²) in [6.07, 6.45) is 2.80. The van der Waals surface area contributed by atoms with Gasteiger partial charge in [-0.05, 0) is 56.5 Å². The van der Waals surface area contributed by atoms with E-state index in [1.807, 2.05) is 24.3 Å². The van der Waals surface area contributed by atoms with Crippen molar-refractivity contribution in [3.63, 3.8) is 0 Å².